The predicted molar refractivity (Wildman–Crippen MR) is 87.9 cm³/mol. The van der Waals surface area contributed by atoms with E-state index in [1.165, 1.54) is 4.90 Å². The van der Waals surface area contributed by atoms with Crippen LogP contribution in [0.15, 0.2) is 18.2 Å². The molecule has 2 N–H and O–H groups in total. The lowest BCUT2D eigenvalue weighted by atomic mass is 10.1. The normalized spacial score (nSPS) is 12.7. The predicted octanol–water partition coefficient (Wildman–Crippen LogP) is 1.95. The van der Waals surface area contributed by atoms with Gasteiger partial charge in [-0.3, -0.25) is 4.79 Å². The van der Waals surface area contributed by atoms with Gasteiger partial charge in [0.25, 0.3) is 5.91 Å². The van der Waals surface area contributed by atoms with E-state index in [9.17, 15) is 15.0 Å². The zero-order valence-electron chi connectivity index (χ0n) is 13.6. The highest BCUT2D eigenvalue weighted by atomic mass is 35.5. The van der Waals surface area contributed by atoms with Gasteiger partial charge in [-0.1, -0.05) is 25.4 Å². The fourth-order valence-corrected chi connectivity index (χ4v) is 2.17. The molecule has 0 radical (unpaired) electrons. The summed E-state index contributed by atoms with van der Waals surface area (Å²) in [5.74, 6) is -0.183. The molecule has 1 atom stereocenters. The van der Waals surface area contributed by atoms with Crippen molar-refractivity contribution in [1.29, 1.82) is 0 Å². The Kier molecular flexibility index (Phi) is 7.13. The molecule has 0 aliphatic heterocycles. The summed E-state index contributed by atoms with van der Waals surface area (Å²) in [6.45, 7) is 5.34. The number of aliphatic hydroxyl groups excluding tert-OH is 1. The van der Waals surface area contributed by atoms with Crippen molar-refractivity contribution in [2.24, 2.45) is 5.92 Å². The van der Waals surface area contributed by atoms with Gasteiger partial charge in [0.2, 0.25) is 0 Å². The zero-order valence-corrected chi connectivity index (χ0v) is 14.3. The molecule has 1 aromatic carbocycles. The van der Waals surface area contributed by atoms with Gasteiger partial charge in [-0.15, -0.1) is 0 Å². The Morgan fingerprint density at radius 1 is 1.27 bits per heavy atom. The number of carbonyl (C=O) groups excluding carboxylic acids is 1. The summed E-state index contributed by atoms with van der Waals surface area (Å²) >= 11 is 6.09. The summed E-state index contributed by atoms with van der Waals surface area (Å²) < 4.78 is 0. The lowest BCUT2D eigenvalue weighted by Gasteiger charge is -2.25. The van der Waals surface area contributed by atoms with Crippen LogP contribution >= 0.6 is 11.6 Å². The Bertz CT molecular complexity index is 508. The molecule has 0 bridgehead atoms. The number of benzene rings is 1. The maximum Gasteiger partial charge on any atom is 0.251 e. The number of amides is 1. The van der Waals surface area contributed by atoms with E-state index in [1.54, 1.807) is 25.2 Å². The SMILES string of the molecule is CC(C)[C@@H](O)C(=O)N(C)CCN(C)Cc1cc(O)ccc1Cl. The third-order valence-electron chi connectivity index (χ3n) is 3.55. The van der Waals surface area contributed by atoms with Gasteiger partial charge in [0.15, 0.2) is 0 Å². The van der Waals surface area contributed by atoms with E-state index < -0.39 is 6.10 Å². The molecule has 0 aliphatic carbocycles. The molecule has 1 aromatic rings. The van der Waals surface area contributed by atoms with Gasteiger partial charge in [0.05, 0.1) is 0 Å². The minimum atomic E-state index is -0.962. The lowest BCUT2D eigenvalue weighted by molar-refractivity contribution is -0.141. The summed E-state index contributed by atoms with van der Waals surface area (Å²) in [7, 11) is 3.60. The second-order valence-corrected chi connectivity index (χ2v) is 6.37. The van der Waals surface area contributed by atoms with Crippen molar-refractivity contribution >= 4 is 17.5 Å². The molecule has 0 spiro atoms. The molecule has 22 heavy (non-hydrogen) atoms. The van der Waals surface area contributed by atoms with Gasteiger partial charge in [0.1, 0.15) is 11.9 Å². The Morgan fingerprint density at radius 2 is 1.91 bits per heavy atom. The molecule has 6 heteroatoms. The number of likely N-dealkylation sites (N-methyl/N-ethyl adjacent to an activating group) is 2. The molecule has 1 rings (SSSR count). The van der Waals surface area contributed by atoms with Crippen LogP contribution in [0.2, 0.25) is 5.02 Å². The molecule has 1 amide bonds. The van der Waals surface area contributed by atoms with Crippen molar-refractivity contribution in [2.45, 2.75) is 26.5 Å². The molecule has 0 saturated heterocycles. The summed E-state index contributed by atoms with van der Waals surface area (Å²) in [6.07, 6.45) is -0.962. The monoisotopic (exact) mass is 328 g/mol. The number of phenolic OH excluding ortho intramolecular Hbond substituents is 1. The maximum absolute atomic E-state index is 12.0. The van der Waals surface area contributed by atoms with Crippen molar-refractivity contribution in [3.63, 3.8) is 0 Å². The van der Waals surface area contributed by atoms with Crippen LogP contribution in [-0.4, -0.2) is 59.2 Å². The number of carbonyl (C=O) groups is 1. The van der Waals surface area contributed by atoms with Crippen molar-refractivity contribution in [3.8, 4) is 5.75 Å². The molecular formula is C16H25ClN2O3. The minimum absolute atomic E-state index is 0.0984. The zero-order chi connectivity index (χ0) is 16.9. The van der Waals surface area contributed by atoms with Gasteiger partial charge in [-0.05, 0) is 36.7 Å². The number of halogens is 1. The Balaban J connectivity index is 2.50. The first-order chi connectivity index (χ1) is 10.2. The van der Waals surface area contributed by atoms with Crippen molar-refractivity contribution in [2.75, 3.05) is 27.2 Å². The van der Waals surface area contributed by atoms with Crippen LogP contribution in [0.4, 0.5) is 0 Å². The quantitative estimate of drug-likeness (QED) is 0.803. The summed E-state index contributed by atoms with van der Waals surface area (Å²) in [5.41, 5.74) is 0.834. The molecule has 0 heterocycles. The number of rotatable bonds is 7. The topological polar surface area (TPSA) is 64.0 Å². The number of phenols is 1. The highest BCUT2D eigenvalue weighted by molar-refractivity contribution is 6.31. The van der Waals surface area contributed by atoms with E-state index >= 15 is 0 Å². The van der Waals surface area contributed by atoms with Crippen LogP contribution in [0.1, 0.15) is 19.4 Å². The van der Waals surface area contributed by atoms with Crippen molar-refractivity contribution in [3.05, 3.63) is 28.8 Å². The van der Waals surface area contributed by atoms with Crippen LogP contribution in [0.25, 0.3) is 0 Å². The molecular weight excluding hydrogens is 304 g/mol. The van der Waals surface area contributed by atoms with Crippen LogP contribution < -0.4 is 0 Å². The first kappa shape index (κ1) is 18.7. The van der Waals surface area contributed by atoms with E-state index in [4.69, 9.17) is 11.6 Å². The first-order valence-electron chi connectivity index (χ1n) is 7.31. The lowest BCUT2D eigenvalue weighted by Crippen LogP contribution is -2.42. The average Bonchev–Trinajstić information content (AvgIpc) is 2.46. The summed E-state index contributed by atoms with van der Waals surface area (Å²) in [6, 6.07) is 4.84. The van der Waals surface area contributed by atoms with E-state index in [0.29, 0.717) is 24.7 Å². The van der Waals surface area contributed by atoms with Crippen LogP contribution in [0.3, 0.4) is 0 Å². The van der Waals surface area contributed by atoms with E-state index in [-0.39, 0.29) is 17.6 Å². The van der Waals surface area contributed by atoms with Crippen LogP contribution in [-0.2, 0) is 11.3 Å². The summed E-state index contributed by atoms with van der Waals surface area (Å²) in [5, 5.41) is 19.9. The average molecular weight is 329 g/mol. The second-order valence-electron chi connectivity index (χ2n) is 5.96. The number of hydrogen-bond donors (Lipinski definition) is 2. The van der Waals surface area contributed by atoms with Gasteiger partial charge >= 0.3 is 0 Å². The number of aromatic hydroxyl groups is 1. The molecule has 5 nitrogen and oxygen atoms in total. The third kappa shape index (κ3) is 5.48. The molecule has 0 aliphatic rings. The van der Waals surface area contributed by atoms with Gasteiger partial charge in [-0.2, -0.15) is 0 Å². The van der Waals surface area contributed by atoms with E-state index in [1.807, 2.05) is 25.8 Å². The van der Waals surface area contributed by atoms with Gasteiger partial charge < -0.3 is 20.0 Å². The van der Waals surface area contributed by atoms with Crippen molar-refractivity contribution < 1.29 is 15.0 Å². The number of nitrogens with zero attached hydrogens (tertiary/aromatic N) is 2. The highest BCUT2D eigenvalue weighted by Crippen LogP contribution is 2.22. The molecule has 124 valence electrons. The van der Waals surface area contributed by atoms with Gasteiger partial charge in [-0.25, -0.2) is 0 Å². The largest absolute Gasteiger partial charge is 0.508 e. The Labute approximate surface area is 137 Å². The highest BCUT2D eigenvalue weighted by Gasteiger charge is 2.22. The molecule has 0 saturated carbocycles. The first-order valence-corrected chi connectivity index (χ1v) is 7.69. The van der Waals surface area contributed by atoms with Gasteiger partial charge in [0, 0.05) is 31.7 Å². The van der Waals surface area contributed by atoms with E-state index in [0.717, 1.165) is 5.56 Å². The fourth-order valence-electron chi connectivity index (χ4n) is 1.99. The molecule has 0 aromatic heterocycles. The summed E-state index contributed by atoms with van der Waals surface area (Å²) in [4.78, 5) is 15.5. The van der Waals surface area contributed by atoms with Crippen molar-refractivity contribution in [1.82, 2.24) is 9.80 Å². The van der Waals surface area contributed by atoms with Crippen LogP contribution in [0.5, 0.6) is 5.75 Å². The standard InChI is InChI=1S/C16H25ClN2O3/c1-11(2)15(21)16(22)19(4)8-7-18(3)10-12-9-13(20)5-6-14(12)17/h5-6,9,11,15,20-21H,7-8,10H2,1-4H3/t15-/m1/s1. The fraction of sp³-hybridized carbons (Fsp3) is 0.562. The minimum Gasteiger partial charge on any atom is -0.508 e. The number of hydrogen-bond acceptors (Lipinski definition) is 4. The Hall–Kier alpha value is -1.30. The van der Waals surface area contributed by atoms with E-state index in [2.05, 4.69) is 0 Å². The van der Waals surface area contributed by atoms with Crippen LogP contribution in [0, 0.1) is 5.92 Å². The molecule has 0 fully saturated rings. The molecule has 0 unspecified atom stereocenters. The third-order valence-corrected chi connectivity index (χ3v) is 3.92. The smallest absolute Gasteiger partial charge is 0.251 e. The Morgan fingerprint density at radius 3 is 2.50 bits per heavy atom. The maximum atomic E-state index is 12.0. The second kappa shape index (κ2) is 8.36. The number of aliphatic hydroxyl groups is 1.